The number of benzene rings is 1. The summed E-state index contributed by atoms with van der Waals surface area (Å²) in [7, 11) is 1.57. The molecule has 0 aliphatic carbocycles. The third-order valence-electron chi connectivity index (χ3n) is 5.82. The molecule has 4 rings (SSSR count). The van der Waals surface area contributed by atoms with Gasteiger partial charge in [-0.25, -0.2) is 0 Å². The van der Waals surface area contributed by atoms with E-state index in [0.29, 0.717) is 43.9 Å². The Bertz CT molecular complexity index is 733. The third-order valence-corrected chi connectivity index (χ3v) is 5.82. The third kappa shape index (κ3) is 3.72. The molecule has 28 heavy (non-hydrogen) atoms. The average molecular weight is 390 g/mol. The van der Waals surface area contributed by atoms with Gasteiger partial charge in [0.15, 0.2) is 0 Å². The van der Waals surface area contributed by atoms with E-state index in [1.54, 1.807) is 36.3 Å². The van der Waals surface area contributed by atoms with Crippen LogP contribution in [0, 0.1) is 5.92 Å². The quantitative estimate of drug-likeness (QED) is 0.762. The summed E-state index contributed by atoms with van der Waals surface area (Å²) in [5.41, 5.74) is 0.591. The molecular formula is C20H26N2O6. The highest BCUT2D eigenvalue weighted by molar-refractivity contribution is 5.94. The van der Waals surface area contributed by atoms with Crippen LogP contribution in [0.3, 0.4) is 0 Å². The topological polar surface area (TPSA) is 97.3 Å². The predicted molar refractivity (Wildman–Crippen MR) is 99.0 cm³/mol. The van der Waals surface area contributed by atoms with Gasteiger partial charge in [0.05, 0.1) is 26.4 Å². The fraction of sp³-hybridized carbons (Fsp3) is 0.600. The first-order valence-corrected chi connectivity index (χ1v) is 9.72. The average Bonchev–Trinajstić information content (AvgIpc) is 3.31. The van der Waals surface area contributed by atoms with Gasteiger partial charge in [0, 0.05) is 24.6 Å². The normalized spacial score (nSPS) is 30.1. The number of aliphatic hydroxyl groups excluding tert-OH is 1. The Morgan fingerprint density at radius 1 is 1.18 bits per heavy atom. The lowest BCUT2D eigenvalue weighted by atomic mass is 9.94. The maximum absolute atomic E-state index is 12.7. The maximum Gasteiger partial charge on any atom is 0.253 e. The van der Waals surface area contributed by atoms with Crippen LogP contribution in [-0.2, 0) is 14.3 Å². The first kappa shape index (κ1) is 19.2. The Balaban J connectivity index is 1.29. The van der Waals surface area contributed by atoms with Gasteiger partial charge in [0.25, 0.3) is 5.91 Å². The van der Waals surface area contributed by atoms with Crippen LogP contribution in [0.15, 0.2) is 24.3 Å². The van der Waals surface area contributed by atoms with Crippen molar-refractivity contribution in [2.45, 2.75) is 37.2 Å². The minimum Gasteiger partial charge on any atom is -0.497 e. The van der Waals surface area contributed by atoms with E-state index in [1.165, 1.54) is 0 Å². The lowest BCUT2D eigenvalue weighted by molar-refractivity contribution is -0.127. The first-order valence-electron chi connectivity index (χ1n) is 9.72. The van der Waals surface area contributed by atoms with Crippen LogP contribution in [-0.4, -0.2) is 79.6 Å². The number of piperidine rings is 1. The zero-order valence-corrected chi connectivity index (χ0v) is 15.9. The number of nitrogens with one attached hydrogen (secondary N) is 1. The highest BCUT2D eigenvalue weighted by Gasteiger charge is 2.48. The molecule has 3 aliphatic rings. The Kier molecular flexibility index (Phi) is 5.52. The number of fused-ring (bicyclic) bond motifs is 1. The van der Waals surface area contributed by atoms with Crippen molar-refractivity contribution in [2.75, 3.05) is 33.4 Å². The van der Waals surface area contributed by atoms with Crippen LogP contribution in [0.1, 0.15) is 23.2 Å². The zero-order valence-electron chi connectivity index (χ0n) is 15.9. The van der Waals surface area contributed by atoms with Crippen molar-refractivity contribution in [3.8, 4) is 5.75 Å². The van der Waals surface area contributed by atoms with Gasteiger partial charge in [-0.05, 0) is 31.0 Å². The molecule has 3 heterocycles. The van der Waals surface area contributed by atoms with Crippen molar-refractivity contribution >= 4 is 11.8 Å². The zero-order chi connectivity index (χ0) is 19.7. The largest absolute Gasteiger partial charge is 0.497 e. The van der Waals surface area contributed by atoms with Gasteiger partial charge in [-0.1, -0.05) is 6.07 Å². The molecule has 2 N–H and O–H groups in total. The lowest BCUT2D eigenvalue weighted by Crippen LogP contribution is -2.49. The molecule has 0 radical (unpaired) electrons. The van der Waals surface area contributed by atoms with Crippen LogP contribution >= 0.6 is 0 Å². The number of amides is 2. The van der Waals surface area contributed by atoms with Crippen LogP contribution in [0.2, 0.25) is 0 Å². The number of carbonyl (C=O) groups excluding carboxylic acids is 2. The first-order chi connectivity index (χ1) is 13.6. The van der Waals surface area contributed by atoms with Gasteiger partial charge >= 0.3 is 0 Å². The summed E-state index contributed by atoms with van der Waals surface area (Å²) in [5, 5.41) is 12.8. The molecule has 0 unspecified atom stereocenters. The summed E-state index contributed by atoms with van der Waals surface area (Å²) in [6.45, 7) is 1.67. The SMILES string of the molecule is COc1cccc(C(=O)N2CCC(C(=O)N[C@H]3CO[C@H]4[C@@H]3OC[C@H]4O)CC2)c1. The molecule has 8 heteroatoms. The van der Waals surface area contributed by atoms with Gasteiger partial charge in [-0.15, -0.1) is 0 Å². The van der Waals surface area contributed by atoms with Crippen molar-refractivity contribution in [3.63, 3.8) is 0 Å². The molecule has 3 fully saturated rings. The predicted octanol–water partition coefficient (Wildman–Crippen LogP) is 0.191. The molecule has 3 aliphatic heterocycles. The second-order valence-corrected chi connectivity index (χ2v) is 7.58. The summed E-state index contributed by atoms with van der Waals surface area (Å²) >= 11 is 0. The van der Waals surface area contributed by atoms with E-state index in [9.17, 15) is 14.7 Å². The van der Waals surface area contributed by atoms with Gasteiger partial charge in [-0.3, -0.25) is 9.59 Å². The second-order valence-electron chi connectivity index (χ2n) is 7.58. The van der Waals surface area contributed by atoms with Gasteiger partial charge in [0.2, 0.25) is 5.91 Å². The summed E-state index contributed by atoms with van der Waals surface area (Å²) in [5.74, 6) is 0.432. The number of carbonyl (C=O) groups is 2. The van der Waals surface area contributed by atoms with E-state index >= 15 is 0 Å². The van der Waals surface area contributed by atoms with Crippen molar-refractivity contribution in [1.29, 1.82) is 0 Å². The second kappa shape index (κ2) is 8.06. The number of hydrogen-bond donors (Lipinski definition) is 2. The molecule has 2 amide bonds. The minimum absolute atomic E-state index is 0.0345. The van der Waals surface area contributed by atoms with Gasteiger partial charge in [-0.2, -0.15) is 0 Å². The van der Waals surface area contributed by atoms with E-state index in [1.807, 2.05) is 0 Å². The van der Waals surface area contributed by atoms with Crippen LogP contribution in [0.5, 0.6) is 5.75 Å². The molecule has 4 atom stereocenters. The summed E-state index contributed by atoms with van der Waals surface area (Å²) in [4.78, 5) is 27.1. The Hall–Kier alpha value is -2.16. The molecule has 152 valence electrons. The monoisotopic (exact) mass is 390 g/mol. The van der Waals surface area contributed by atoms with E-state index in [0.717, 1.165) is 0 Å². The lowest BCUT2D eigenvalue weighted by Gasteiger charge is -2.32. The molecule has 8 nitrogen and oxygen atoms in total. The number of hydrogen-bond acceptors (Lipinski definition) is 6. The fourth-order valence-electron chi connectivity index (χ4n) is 4.19. The molecule has 0 bridgehead atoms. The minimum atomic E-state index is -0.627. The molecule has 0 saturated carbocycles. The van der Waals surface area contributed by atoms with Crippen LogP contribution < -0.4 is 10.1 Å². The Morgan fingerprint density at radius 2 is 1.93 bits per heavy atom. The summed E-state index contributed by atoms with van der Waals surface area (Å²) in [6.07, 6.45) is -0.0292. The molecule has 3 saturated heterocycles. The number of nitrogens with zero attached hydrogens (tertiary/aromatic N) is 1. The van der Waals surface area contributed by atoms with Gasteiger partial charge < -0.3 is 29.5 Å². The number of methoxy groups -OCH3 is 1. The van der Waals surface area contributed by atoms with E-state index in [-0.39, 0.29) is 42.6 Å². The van der Waals surface area contributed by atoms with Crippen LogP contribution in [0.25, 0.3) is 0 Å². The standard InChI is InChI=1S/C20H26N2O6/c1-26-14-4-2-3-13(9-14)20(25)22-7-5-12(6-8-22)19(24)21-15-10-27-18-16(23)11-28-17(15)18/h2-4,9,12,15-18,23H,5-8,10-11H2,1H3,(H,21,24)/t15-,16+,17+,18+/m0/s1. The molecule has 0 spiro atoms. The number of aliphatic hydroxyl groups is 1. The van der Waals surface area contributed by atoms with Crippen molar-refractivity contribution < 1.29 is 28.9 Å². The number of ether oxygens (including phenoxy) is 3. The molecular weight excluding hydrogens is 364 g/mol. The van der Waals surface area contributed by atoms with Crippen LogP contribution in [0.4, 0.5) is 0 Å². The number of likely N-dealkylation sites (tertiary alicyclic amines) is 1. The van der Waals surface area contributed by atoms with Crippen molar-refractivity contribution in [3.05, 3.63) is 29.8 Å². The Labute approximate surface area is 163 Å². The molecule has 1 aromatic carbocycles. The maximum atomic E-state index is 12.7. The van der Waals surface area contributed by atoms with Crippen molar-refractivity contribution in [1.82, 2.24) is 10.2 Å². The van der Waals surface area contributed by atoms with Crippen molar-refractivity contribution in [2.24, 2.45) is 5.92 Å². The fourth-order valence-corrected chi connectivity index (χ4v) is 4.19. The number of rotatable bonds is 4. The summed E-state index contributed by atoms with van der Waals surface area (Å²) < 4.78 is 16.3. The molecule has 1 aromatic rings. The molecule has 0 aromatic heterocycles. The Morgan fingerprint density at radius 3 is 2.68 bits per heavy atom. The highest BCUT2D eigenvalue weighted by Crippen LogP contribution is 2.28. The van der Waals surface area contributed by atoms with E-state index in [4.69, 9.17) is 14.2 Å². The highest BCUT2D eigenvalue weighted by atomic mass is 16.6. The van der Waals surface area contributed by atoms with E-state index < -0.39 is 6.10 Å². The van der Waals surface area contributed by atoms with E-state index in [2.05, 4.69) is 5.32 Å². The smallest absolute Gasteiger partial charge is 0.253 e. The van der Waals surface area contributed by atoms with Gasteiger partial charge in [0.1, 0.15) is 24.1 Å². The summed E-state index contributed by atoms with van der Waals surface area (Å²) in [6, 6.07) is 6.87.